The lowest BCUT2D eigenvalue weighted by Gasteiger charge is -2.11. The van der Waals surface area contributed by atoms with Gasteiger partial charge in [-0.1, -0.05) is 44.4 Å². The molecule has 184 valence electrons. The maximum absolute atomic E-state index is 13.8. The number of ether oxygens (including phenoxy) is 1. The van der Waals surface area contributed by atoms with Crippen LogP contribution in [0.15, 0.2) is 53.3 Å². The van der Waals surface area contributed by atoms with Crippen molar-refractivity contribution in [2.45, 2.75) is 53.0 Å². The Balaban J connectivity index is 1.80. The summed E-state index contributed by atoms with van der Waals surface area (Å²) < 4.78 is 8.76. The first-order valence-electron chi connectivity index (χ1n) is 12.5. The normalized spacial score (nSPS) is 11.5. The van der Waals surface area contributed by atoms with Gasteiger partial charge in [0.25, 0.3) is 5.56 Å². The summed E-state index contributed by atoms with van der Waals surface area (Å²) in [5.74, 6) is 0.231. The van der Waals surface area contributed by atoms with Gasteiger partial charge in [-0.05, 0) is 50.6 Å². The van der Waals surface area contributed by atoms with E-state index in [1.54, 1.807) is 29.7 Å². The Labute approximate surface area is 208 Å². The van der Waals surface area contributed by atoms with E-state index >= 15 is 0 Å². The van der Waals surface area contributed by atoms with Crippen LogP contribution in [-0.2, 0) is 11.3 Å². The Bertz CT molecular complexity index is 1650. The molecule has 36 heavy (non-hydrogen) atoms. The second-order valence-corrected chi connectivity index (χ2v) is 8.87. The summed E-state index contributed by atoms with van der Waals surface area (Å²) in [5, 5.41) is 0.436. The van der Waals surface area contributed by atoms with Crippen molar-refractivity contribution >= 4 is 39.2 Å². The molecule has 0 fully saturated rings. The number of unbranched alkanes of at least 4 members (excludes halogenated alkanes) is 3. The van der Waals surface area contributed by atoms with Crippen LogP contribution in [0.4, 0.5) is 0 Å². The van der Waals surface area contributed by atoms with E-state index in [0.29, 0.717) is 56.9 Å². The zero-order valence-corrected chi connectivity index (χ0v) is 20.8. The summed E-state index contributed by atoms with van der Waals surface area (Å²) in [5.41, 5.74) is 3.89. The summed E-state index contributed by atoms with van der Waals surface area (Å²) in [6, 6.07) is 14.7. The third-order valence-corrected chi connectivity index (χ3v) is 6.40. The third kappa shape index (κ3) is 4.12. The monoisotopic (exact) mass is 483 g/mol. The minimum Gasteiger partial charge on any atom is -0.462 e. The zero-order valence-electron chi connectivity index (χ0n) is 20.8. The second-order valence-electron chi connectivity index (χ2n) is 8.87. The molecular weight excluding hydrogens is 454 g/mol. The molecule has 2 aromatic carbocycles. The molecule has 3 heterocycles. The van der Waals surface area contributed by atoms with Gasteiger partial charge in [0, 0.05) is 6.54 Å². The van der Waals surface area contributed by atoms with Gasteiger partial charge in [-0.25, -0.2) is 19.7 Å². The van der Waals surface area contributed by atoms with Gasteiger partial charge in [-0.15, -0.1) is 0 Å². The highest BCUT2D eigenvalue weighted by Crippen LogP contribution is 2.29. The van der Waals surface area contributed by atoms with E-state index in [4.69, 9.17) is 19.7 Å². The van der Waals surface area contributed by atoms with Crippen LogP contribution in [-0.4, -0.2) is 36.7 Å². The molecule has 0 aliphatic rings. The van der Waals surface area contributed by atoms with E-state index in [-0.39, 0.29) is 12.2 Å². The number of carbonyl (C=O) groups is 1. The number of benzene rings is 2. The highest BCUT2D eigenvalue weighted by atomic mass is 16.5. The van der Waals surface area contributed by atoms with Crippen LogP contribution in [0.2, 0.25) is 0 Å². The lowest BCUT2D eigenvalue weighted by molar-refractivity contribution is 0.0526. The predicted octanol–water partition coefficient (Wildman–Crippen LogP) is 5.35. The number of hydrogen-bond acceptors (Lipinski definition) is 6. The van der Waals surface area contributed by atoms with Crippen molar-refractivity contribution in [3.05, 3.63) is 70.3 Å². The molecule has 0 N–H and O–H groups in total. The van der Waals surface area contributed by atoms with E-state index in [1.165, 1.54) is 0 Å². The molecule has 0 atom stereocenters. The molecule has 0 amide bonds. The van der Waals surface area contributed by atoms with Gasteiger partial charge in [0.05, 0.1) is 28.9 Å². The Morgan fingerprint density at radius 2 is 1.69 bits per heavy atom. The van der Waals surface area contributed by atoms with Crippen molar-refractivity contribution in [1.82, 2.24) is 24.1 Å². The number of carbonyl (C=O) groups excluding carboxylic acids is 1. The highest BCUT2D eigenvalue weighted by Gasteiger charge is 2.22. The van der Waals surface area contributed by atoms with Crippen LogP contribution in [0.3, 0.4) is 0 Å². The Morgan fingerprint density at radius 1 is 0.917 bits per heavy atom. The van der Waals surface area contributed by atoms with E-state index < -0.39 is 5.97 Å². The fraction of sp³-hybridized carbons (Fsp3) is 0.321. The largest absolute Gasteiger partial charge is 0.462 e. The molecule has 0 saturated carbocycles. The lowest BCUT2D eigenvalue weighted by Crippen LogP contribution is -2.24. The van der Waals surface area contributed by atoms with Gasteiger partial charge in [-0.3, -0.25) is 13.9 Å². The summed E-state index contributed by atoms with van der Waals surface area (Å²) in [6.07, 6.45) is 4.24. The molecule has 0 aliphatic heterocycles. The highest BCUT2D eigenvalue weighted by molar-refractivity contribution is 6.06. The molecule has 0 spiro atoms. The van der Waals surface area contributed by atoms with Gasteiger partial charge in [0.15, 0.2) is 11.3 Å². The van der Waals surface area contributed by atoms with Crippen LogP contribution in [0, 0.1) is 6.92 Å². The van der Waals surface area contributed by atoms with Gasteiger partial charge in [0.2, 0.25) is 0 Å². The van der Waals surface area contributed by atoms with E-state index in [1.807, 2.05) is 41.8 Å². The van der Waals surface area contributed by atoms with Crippen molar-refractivity contribution < 1.29 is 9.53 Å². The number of fused-ring (bicyclic) bond motifs is 4. The minimum atomic E-state index is -0.407. The molecular formula is C28H29N5O3. The number of aryl methyl sites for hydroxylation is 1. The number of esters is 1. The maximum Gasteiger partial charge on any atom is 0.338 e. The van der Waals surface area contributed by atoms with Crippen molar-refractivity contribution in [2.24, 2.45) is 0 Å². The van der Waals surface area contributed by atoms with Crippen LogP contribution in [0.25, 0.3) is 38.9 Å². The first kappa shape index (κ1) is 23.7. The third-order valence-electron chi connectivity index (χ3n) is 6.40. The Hall–Kier alpha value is -4.07. The van der Waals surface area contributed by atoms with Crippen LogP contribution < -0.4 is 5.56 Å². The standard InChI is InChI=1S/C28H29N5O3/c1-4-6-7-10-16-32-18(3)29-25-23(27(32)34)24-26(31-22-15-9-8-14-21(22)30-24)33(25)20-13-11-12-19(17-20)28(35)36-5-2/h8-9,11-15,17H,4-7,10,16H2,1-3H3. The quantitative estimate of drug-likeness (QED) is 0.218. The lowest BCUT2D eigenvalue weighted by atomic mass is 10.2. The SMILES string of the molecule is CCCCCCn1c(C)nc2c(c1=O)c1nc3ccccc3nc1n2-c1cccc(C(=O)OCC)c1. The smallest absolute Gasteiger partial charge is 0.338 e. The molecule has 8 nitrogen and oxygen atoms in total. The average molecular weight is 484 g/mol. The van der Waals surface area contributed by atoms with E-state index in [0.717, 1.165) is 25.7 Å². The molecule has 3 aromatic heterocycles. The average Bonchev–Trinajstić information content (AvgIpc) is 3.19. The van der Waals surface area contributed by atoms with Gasteiger partial charge in [0.1, 0.15) is 16.7 Å². The van der Waals surface area contributed by atoms with Gasteiger partial charge in [-0.2, -0.15) is 0 Å². The number of aromatic nitrogens is 5. The van der Waals surface area contributed by atoms with Gasteiger partial charge < -0.3 is 4.74 Å². The number of hydrogen-bond donors (Lipinski definition) is 0. The van der Waals surface area contributed by atoms with Crippen molar-refractivity contribution in [2.75, 3.05) is 6.61 Å². The van der Waals surface area contributed by atoms with Gasteiger partial charge >= 0.3 is 5.97 Å². The fourth-order valence-electron chi connectivity index (χ4n) is 4.62. The van der Waals surface area contributed by atoms with Crippen LogP contribution >= 0.6 is 0 Å². The Morgan fingerprint density at radius 3 is 2.44 bits per heavy atom. The summed E-state index contributed by atoms with van der Waals surface area (Å²) in [4.78, 5) is 40.9. The molecule has 0 unspecified atom stereocenters. The van der Waals surface area contributed by atoms with E-state index in [2.05, 4.69) is 6.92 Å². The summed E-state index contributed by atoms with van der Waals surface area (Å²) >= 11 is 0. The van der Waals surface area contributed by atoms with Crippen LogP contribution in [0.5, 0.6) is 0 Å². The van der Waals surface area contributed by atoms with E-state index in [9.17, 15) is 9.59 Å². The fourth-order valence-corrected chi connectivity index (χ4v) is 4.62. The topological polar surface area (TPSA) is 91.9 Å². The van der Waals surface area contributed by atoms with Crippen molar-refractivity contribution in [1.29, 1.82) is 0 Å². The number of para-hydroxylation sites is 2. The first-order valence-corrected chi connectivity index (χ1v) is 12.5. The van der Waals surface area contributed by atoms with Crippen molar-refractivity contribution in [3.63, 3.8) is 0 Å². The number of rotatable bonds is 8. The molecule has 8 heteroatoms. The molecule has 5 aromatic rings. The zero-order chi connectivity index (χ0) is 25.2. The first-order chi connectivity index (χ1) is 17.5. The molecule has 0 bridgehead atoms. The molecule has 0 aliphatic carbocycles. The predicted molar refractivity (Wildman–Crippen MR) is 141 cm³/mol. The summed E-state index contributed by atoms with van der Waals surface area (Å²) in [6.45, 7) is 6.69. The van der Waals surface area contributed by atoms with Crippen LogP contribution in [0.1, 0.15) is 55.7 Å². The molecule has 5 rings (SSSR count). The molecule has 0 radical (unpaired) electrons. The number of nitrogens with zero attached hydrogens (tertiary/aromatic N) is 5. The molecule has 0 saturated heterocycles. The minimum absolute atomic E-state index is 0.121. The second kappa shape index (κ2) is 9.89. The summed E-state index contributed by atoms with van der Waals surface area (Å²) in [7, 11) is 0. The van der Waals surface area contributed by atoms with Crippen molar-refractivity contribution in [3.8, 4) is 5.69 Å². The Kier molecular flexibility index (Phi) is 6.50. The maximum atomic E-state index is 13.8.